The Bertz CT molecular complexity index is 1550. The van der Waals surface area contributed by atoms with Crippen LogP contribution in [0.3, 0.4) is 0 Å². The summed E-state index contributed by atoms with van der Waals surface area (Å²) in [6, 6.07) is 4.68. The Morgan fingerprint density at radius 3 is 2.73 bits per heavy atom. The molecule has 0 bridgehead atoms. The fourth-order valence-electron chi connectivity index (χ4n) is 6.12. The minimum Gasteiger partial charge on any atom is -0.488 e. The Hall–Kier alpha value is -3.05. The Labute approximate surface area is 235 Å². The van der Waals surface area contributed by atoms with E-state index in [9.17, 15) is 14.3 Å². The van der Waals surface area contributed by atoms with Crippen molar-refractivity contribution in [1.29, 1.82) is 0 Å². The number of aliphatic hydroxyl groups excluding tert-OH is 1. The Kier molecular flexibility index (Phi) is 7.06. The third-order valence-electron chi connectivity index (χ3n) is 8.14. The SMILES string of the molecule is C=CC1OC1N1C[C@H](C)N(c2nc(=O)n3c4c(c(-c5ccc(F)cc5F)c(Cl)cc24)OC[C@H]3CCCO)C[C@H]1C. The summed E-state index contributed by atoms with van der Waals surface area (Å²) < 4.78 is 42.3. The molecule has 40 heavy (non-hydrogen) atoms. The van der Waals surface area contributed by atoms with E-state index in [1.165, 1.54) is 6.07 Å². The largest absolute Gasteiger partial charge is 0.488 e. The molecule has 2 unspecified atom stereocenters. The first-order chi connectivity index (χ1) is 19.2. The smallest absolute Gasteiger partial charge is 0.350 e. The Balaban J connectivity index is 1.52. The maximum absolute atomic E-state index is 15.0. The van der Waals surface area contributed by atoms with Crippen molar-refractivity contribution in [3.63, 3.8) is 0 Å². The van der Waals surface area contributed by atoms with Crippen molar-refractivity contribution in [2.24, 2.45) is 0 Å². The molecule has 3 aromatic rings. The van der Waals surface area contributed by atoms with Gasteiger partial charge < -0.3 is 19.5 Å². The number of benzene rings is 2. The quantitative estimate of drug-likeness (QED) is 0.329. The number of aromatic nitrogens is 2. The number of aliphatic hydroxyl groups is 1. The third kappa shape index (κ3) is 4.47. The van der Waals surface area contributed by atoms with E-state index in [0.717, 1.165) is 12.1 Å². The van der Waals surface area contributed by atoms with E-state index < -0.39 is 17.3 Å². The molecule has 8 nitrogen and oxygen atoms in total. The molecule has 5 atom stereocenters. The highest BCUT2D eigenvalue weighted by Crippen LogP contribution is 2.48. The van der Waals surface area contributed by atoms with Crippen molar-refractivity contribution in [3.05, 3.63) is 64.1 Å². The topological polar surface area (TPSA) is 83.4 Å². The van der Waals surface area contributed by atoms with Gasteiger partial charge in [0.15, 0.2) is 5.75 Å². The van der Waals surface area contributed by atoms with Crippen LogP contribution < -0.4 is 15.3 Å². The van der Waals surface area contributed by atoms with Crippen molar-refractivity contribution < 1.29 is 23.4 Å². The number of anilines is 1. The summed E-state index contributed by atoms with van der Waals surface area (Å²) in [4.78, 5) is 22.7. The van der Waals surface area contributed by atoms with Crippen LogP contribution in [0.15, 0.2) is 41.7 Å². The van der Waals surface area contributed by atoms with Gasteiger partial charge in [0.25, 0.3) is 0 Å². The monoisotopic (exact) mass is 572 g/mol. The second kappa shape index (κ2) is 10.4. The lowest BCUT2D eigenvalue weighted by Crippen LogP contribution is -2.58. The number of piperazine rings is 1. The molecule has 0 amide bonds. The number of hydrogen-bond acceptors (Lipinski definition) is 7. The Morgan fingerprint density at radius 1 is 1.23 bits per heavy atom. The molecule has 212 valence electrons. The first kappa shape index (κ1) is 27.1. The number of epoxide rings is 1. The van der Waals surface area contributed by atoms with Gasteiger partial charge in [0, 0.05) is 54.4 Å². The zero-order chi connectivity index (χ0) is 28.3. The molecule has 2 fully saturated rings. The lowest BCUT2D eigenvalue weighted by molar-refractivity contribution is 0.103. The summed E-state index contributed by atoms with van der Waals surface area (Å²) in [5.74, 6) is -0.759. The van der Waals surface area contributed by atoms with Gasteiger partial charge in [-0.2, -0.15) is 4.98 Å². The van der Waals surface area contributed by atoms with E-state index in [-0.39, 0.29) is 65.6 Å². The molecule has 3 aliphatic rings. The van der Waals surface area contributed by atoms with Gasteiger partial charge in [0.05, 0.1) is 16.6 Å². The lowest BCUT2D eigenvalue weighted by atomic mass is 9.98. The minimum absolute atomic E-state index is 0.00436. The van der Waals surface area contributed by atoms with Crippen molar-refractivity contribution >= 4 is 28.3 Å². The number of halogens is 3. The van der Waals surface area contributed by atoms with E-state index in [1.807, 2.05) is 0 Å². The van der Waals surface area contributed by atoms with E-state index in [2.05, 4.69) is 35.2 Å². The predicted molar refractivity (Wildman–Crippen MR) is 149 cm³/mol. The van der Waals surface area contributed by atoms with Crippen LogP contribution >= 0.6 is 11.6 Å². The average Bonchev–Trinajstić information content (AvgIpc) is 3.71. The molecule has 3 aliphatic heterocycles. The molecule has 6 rings (SSSR count). The molecule has 2 aromatic carbocycles. The highest BCUT2D eigenvalue weighted by Gasteiger charge is 2.46. The molecule has 2 saturated heterocycles. The average molecular weight is 573 g/mol. The predicted octanol–water partition coefficient (Wildman–Crippen LogP) is 4.51. The Morgan fingerprint density at radius 2 is 2.02 bits per heavy atom. The van der Waals surface area contributed by atoms with Crippen LogP contribution in [0.4, 0.5) is 14.6 Å². The van der Waals surface area contributed by atoms with Crippen LogP contribution in [0.1, 0.15) is 32.7 Å². The van der Waals surface area contributed by atoms with Crippen molar-refractivity contribution in [1.82, 2.24) is 14.5 Å². The van der Waals surface area contributed by atoms with Gasteiger partial charge in [0.2, 0.25) is 0 Å². The number of hydrogen-bond donors (Lipinski definition) is 1. The first-order valence-corrected chi connectivity index (χ1v) is 13.9. The fraction of sp³-hybridized carbons (Fsp3) is 0.448. The van der Waals surface area contributed by atoms with E-state index in [1.54, 1.807) is 16.7 Å². The number of ether oxygens (including phenoxy) is 2. The number of rotatable bonds is 7. The van der Waals surface area contributed by atoms with Crippen LogP contribution in [-0.4, -0.2) is 70.3 Å². The highest BCUT2D eigenvalue weighted by atomic mass is 35.5. The fourth-order valence-corrected chi connectivity index (χ4v) is 6.42. The minimum atomic E-state index is -0.787. The molecule has 11 heteroatoms. The molecule has 1 aromatic heterocycles. The first-order valence-electron chi connectivity index (χ1n) is 13.5. The zero-order valence-electron chi connectivity index (χ0n) is 22.3. The summed E-state index contributed by atoms with van der Waals surface area (Å²) in [6.45, 7) is 9.38. The van der Waals surface area contributed by atoms with E-state index in [4.69, 9.17) is 21.1 Å². The molecular formula is C29H31ClF2N4O4. The van der Waals surface area contributed by atoms with Crippen LogP contribution in [0.25, 0.3) is 22.0 Å². The van der Waals surface area contributed by atoms with Crippen molar-refractivity contribution in [2.75, 3.05) is 31.2 Å². The van der Waals surface area contributed by atoms with Gasteiger partial charge in [0.1, 0.15) is 36.4 Å². The van der Waals surface area contributed by atoms with Crippen LogP contribution in [0.2, 0.25) is 5.02 Å². The second-order valence-electron chi connectivity index (χ2n) is 10.8. The summed E-state index contributed by atoms with van der Waals surface area (Å²) >= 11 is 6.81. The summed E-state index contributed by atoms with van der Waals surface area (Å²) in [7, 11) is 0. The van der Waals surface area contributed by atoms with Gasteiger partial charge in [-0.05, 0) is 44.9 Å². The molecule has 0 aliphatic carbocycles. The highest BCUT2D eigenvalue weighted by molar-refractivity contribution is 6.35. The van der Waals surface area contributed by atoms with Gasteiger partial charge in [-0.1, -0.05) is 17.7 Å². The lowest BCUT2D eigenvalue weighted by Gasteiger charge is -2.44. The second-order valence-corrected chi connectivity index (χ2v) is 11.2. The van der Waals surface area contributed by atoms with Crippen LogP contribution in [0.5, 0.6) is 5.75 Å². The number of nitrogens with zero attached hydrogens (tertiary/aromatic N) is 4. The summed E-state index contributed by atoms with van der Waals surface area (Å²) in [5.41, 5.74) is 0.339. The van der Waals surface area contributed by atoms with E-state index >= 15 is 4.39 Å². The maximum atomic E-state index is 15.0. The van der Waals surface area contributed by atoms with Crippen molar-refractivity contribution in [3.8, 4) is 16.9 Å². The normalized spacial score (nSPS) is 26.1. The molecule has 1 N–H and O–H groups in total. The standard InChI is InChI=1S/C29H31ClF2N4O4/c1-4-23-28(40-23)35-13-15(2)34(12-16(35)3)27-20-11-21(30)24(19-8-7-17(31)10-22(19)32)26-25(20)36(29(38)33-27)18(14-39-26)6-5-9-37/h4,7-8,10-11,15-16,18,23,28,37H,1,5-6,9,12-14H2,2-3H3/t15-,16+,18+,23?,28?/m0/s1. The summed E-state index contributed by atoms with van der Waals surface area (Å²) in [6.07, 6.45) is 2.78. The van der Waals surface area contributed by atoms with E-state index in [0.29, 0.717) is 42.7 Å². The molecule has 0 radical (unpaired) electrons. The van der Waals surface area contributed by atoms with Crippen LogP contribution in [0, 0.1) is 11.6 Å². The maximum Gasteiger partial charge on any atom is 0.350 e. The molecule has 0 spiro atoms. The van der Waals surface area contributed by atoms with Crippen molar-refractivity contribution in [2.45, 2.75) is 57.1 Å². The van der Waals surface area contributed by atoms with Gasteiger partial charge in [-0.25, -0.2) is 13.6 Å². The molecule has 4 heterocycles. The molecular weight excluding hydrogens is 542 g/mol. The zero-order valence-corrected chi connectivity index (χ0v) is 23.1. The van der Waals surface area contributed by atoms with Gasteiger partial charge in [-0.3, -0.25) is 9.47 Å². The van der Waals surface area contributed by atoms with Gasteiger partial charge in [-0.15, -0.1) is 6.58 Å². The molecule has 0 saturated carbocycles. The van der Waals surface area contributed by atoms with Gasteiger partial charge >= 0.3 is 5.69 Å². The summed E-state index contributed by atoms with van der Waals surface area (Å²) in [5, 5.41) is 10.3. The third-order valence-corrected chi connectivity index (χ3v) is 8.44. The van der Waals surface area contributed by atoms with Crippen LogP contribution in [-0.2, 0) is 4.74 Å².